The number of benzene rings is 2. The molecule has 1 aliphatic heterocycles. The van der Waals surface area contributed by atoms with E-state index in [9.17, 15) is 0 Å². The van der Waals surface area contributed by atoms with Crippen LogP contribution in [0, 0.1) is 0 Å². The van der Waals surface area contributed by atoms with Gasteiger partial charge >= 0.3 is 0 Å². The van der Waals surface area contributed by atoms with E-state index in [1.54, 1.807) is 14.2 Å². The average Bonchev–Trinajstić information content (AvgIpc) is 2.73. The first-order chi connectivity index (χ1) is 13.2. The zero-order valence-electron chi connectivity index (χ0n) is 16.0. The van der Waals surface area contributed by atoms with Gasteiger partial charge in [0.05, 0.1) is 20.8 Å². The minimum Gasteiger partial charge on any atom is -0.497 e. The van der Waals surface area contributed by atoms with Crippen molar-refractivity contribution >= 4 is 5.84 Å². The van der Waals surface area contributed by atoms with Gasteiger partial charge in [0.15, 0.2) is 0 Å². The summed E-state index contributed by atoms with van der Waals surface area (Å²) in [5, 5.41) is 7.40. The fraction of sp³-hybridized carbons (Fsp3) is 0.409. The van der Waals surface area contributed by atoms with Gasteiger partial charge in [-0.1, -0.05) is 18.2 Å². The van der Waals surface area contributed by atoms with Crippen LogP contribution >= 0.6 is 0 Å². The van der Waals surface area contributed by atoms with Crippen LogP contribution in [0.15, 0.2) is 47.5 Å². The molecule has 0 saturated heterocycles. The maximum atomic E-state index is 5.43. The van der Waals surface area contributed by atoms with Crippen molar-refractivity contribution in [3.63, 3.8) is 0 Å². The predicted octanol–water partition coefficient (Wildman–Crippen LogP) is 3.03. The second-order valence-electron chi connectivity index (χ2n) is 7.14. The first kappa shape index (κ1) is 17.9. The second-order valence-corrected chi connectivity index (χ2v) is 7.14. The molecule has 1 aliphatic carbocycles. The van der Waals surface area contributed by atoms with Crippen LogP contribution in [0.5, 0.6) is 11.5 Å². The summed E-state index contributed by atoms with van der Waals surface area (Å²) in [6, 6.07) is 14.6. The number of hydrogen-bond acceptors (Lipinski definition) is 5. The Hall–Kier alpha value is -2.53. The van der Waals surface area contributed by atoms with Crippen LogP contribution < -0.4 is 20.1 Å². The molecule has 5 heteroatoms. The van der Waals surface area contributed by atoms with Crippen molar-refractivity contribution in [1.82, 2.24) is 10.6 Å². The molecular weight excluding hydrogens is 338 g/mol. The molecule has 1 spiro atoms. The van der Waals surface area contributed by atoms with Gasteiger partial charge in [-0.2, -0.15) is 0 Å². The third-order valence-corrected chi connectivity index (χ3v) is 5.60. The molecule has 5 nitrogen and oxygen atoms in total. The molecule has 0 saturated carbocycles. The number of rotatable bonds is 4. The molecule has 1 atom stereocenters. The van der Waals surface area contributed by atoms with Gasteiger partial charge in [0.25, 0.3) is 0 Å². The van der Waals surface area contributed by atoms with Crippen LogP contribution in [0.2, 0.25) is 0 Å². The van der Waals surface area contributed by atoms with Crippen molar-refractivity contribution < 1.29 is 9.47 Å². The number of nitrogens with one attached hydrogen (secondary N) is 2. The zero-order chi connectivity index (χ0) is 18.7. The number of hydrogen-bond donors (Lipinski definition) is 2. The Labute approximate surface area is 160 Å². The topological polar surface area (TPSA) is 54.9 Å². The number of methoxy groups -OCH3 is 2. The number of ether oxygens (including phenoxy) is 2. The van der Waals surface area contributed by atoms with E-state index in [1.807, 2.05) is 12.1 Å². The fourth-order valence-corrected chi connectivity index (χ4v) is 4.22. The molecule has 2 N–H and O–H groups in total. The van der Waals surface area contributed by atoms with E-state index in [2.05, 4.69) is 41.0 Å². The molecule has 1 heterocycles. The van der Waals surface area contributed by atoms with Gasteiger partial charge in [-0.15, -0.1) is 0 Å². The number of amidine groups is 1. The van der Waals surface area contributed by atoms with E-state index < -0.39 is 0 Å². The van der Waals surface area contributed by atoms with Gasteiger partial charge in [-0.3, -0.25) is 10.3 Å². The Bertz CT molecular complexity index is 832. The lowest BCUT2D eigenvalue weighted by Crippen LogP contribution is -2.58. The Morgan fingerprint density at radius 3 is 2.63 bits per heavy atom. The van der Waals surface area contributed by atoms with Gasteiger partial charge in [0.2, 0.25) is 0 Å². The van der Waals surface area contributed by atoms with Crippen molar-refractivity contribution in [3.8, 4) is 11.5 Å². The predicted molar refractivity (Wildman–Crippen MR) is 108 cm³/mol. The SMILES string of the molecule is COc1ccc(CNC2=NCCNC23CCCc2cc(OC)ccc23)cc1. The van der Waals surface area contributed by atoms with Crippen LogP contribution in [0.4, 0.5) is 0 Å². The minimum atomic E-state index is -0.218. The van der Waals surface area contributed by atoms with Crippen molar-refractivity contribution in [2.24, 2.45) is 4.99 Å². The number of nitrogens with zero attached hydrogens (tertiary/aromatic N) is 1. The first-order valence-electron chi connectivity index (χ1n) is 9.59. The van der Waals surface area contributed by atoms with Gasteiger partial charge in [-0.05, 0) is 60.2 Å². The normalized spacial score (nSPS) is 21.3. The van der Waals surface area contributed by atoms with E-state index >= 15 is 0 Å². The smallest absolute Gasteiger partial charge is 0.122 e. The summed E-state index contributed by atoms with van der Waals surface area (Å²) in [5.74, 6) is 2.85. The van der Waals surface area contributed by atoms with Gasteiger partial charge in [0, 0.05) is 13.1 Å². The average molecular weight is 365 g/mol. The Morgan fingerprint density at radius 2 is 1.85 bits per heavy atom. The molecule has 27 heavy (non-hydrogen) atoms. The molecule has 142 valence electrons. The number of aryl methyl sites for hydroxylation is 1. The summed E-state index contributed by atoms with van der Waals surface area (Å²) >= 11 is 0. The van der Waals surface area contributed by atoms with Crippen molar-refractivity contribution in [2.75, 3.05) is 27.3 Å². The largest absolute Gasteiger partial charge is 0.497 e. The molecule has 0 bridgehead atoms. The van der Waals surface area contributed by atoms with E-state index in [0.29, 0.717) is 0 Å². The third kappa shape index (κ3) is 3.39. The van der Waals surface area contributed by atoms with E-state index in [4.69, 9.17) is 14.5 Å². The first-order valence-corrected chi connectivity index (χ1v) is 9.59. The molecular formula is C22H27N3O2. The van der Waals surface area contributed by atoms with Crippen LogP contribution in [0.3, 0.4) is 0 Å². The molecule has 2 aromatic carbocycles. The maximum absolute atomic E-state index is 5.43. The number of aliphatic imine (C=N–C) groups is 1. The van der Waals surface area contributed by atoms with Crippen LogP contribution in [-0.2, 0) is 18.5 Å². The lowest BCUT2D eigenvalue weighted by molar-refractivity contribution is 0.361. The van der Waals surface area contributed by atoms with Crippen LogP contribution in [-0.4, -0.2) is 33.1 Å². The maximum Gasteiger partial charge on any atom is 0.122 e. The highest BCUT2D eigenvalue weighted by atomic mass is 16.5. The summed E-state index contributed by atoms with van der Waals surface area (Å²) in [6.45, 7) is 2.45. The molecule has 0 aromatic heterocycles. The molecule has 4 rings (SSSR count). The lowest BCUT2D eigenvalue weighted by Gasteiger charge is -2.43. The summed E-state index contributed by atoms with van der Waals surface area (Å²) < 4.78 is 10.7. The molecule has 1 unspecified atom stereocenters. The molecule has 0 fully saturated rings. The van der Waals surface area contributed by atoms with Crippen LogP contribution in [0.25, 0.3) is 0 Å². The molecule has 0 radical (unpaired) electrons. The van der Waals surface area contributed by atoms with Gasteiger partial charge in [0.1, 0.15) is 22.9 Å². The van der Waals surface area contributed by atoms with E-state index in [-0.39, 0.29) is 5.54 Å². The highest BCUT2D eigenvalue weighted by Gasteiger charge is 2.42. The van der Waals surface area contributed by atoms with Crippen molar-refractivity contribution in [1.29, 1.82) is 0 Å². The van der Waals surface area contributed by atoms with Crippen molar-refractivity contribution in [3.05, 3.63) is 59.2 Å². The highest BCUT2D eigenvalue weighted by molar-refractivity contribution is 5.94. The summed E-state index contributed by atoms with van der Waals surface area (Å²) in [6.07, 6.45) is 3.28. The number of fused-ring (bicyclic) bond motifs is 2. The Kier molecular flexibility index (Phi) is 5.03. The Balaban J connectivity index is 1.60. The summed E-state index contributed by atoms with van der Waals surface area (Å²) in [5.41, 5.74) is 3.68. The standard InChI is InChI=1S/C22H27N3O2/c1-26-18-7-5-16(6-8-18)15-24-21-22(25-13-12-23-21)11-3-4-17-14-19(27-2)9-10-20(17)22/h5-10,14,25H,3-4,11-13,15H2,1-2H3,(H,23,24). The quantitative estimate of drug-likeness (QED) is 0.875. The molecule has 2 aromatic rings. The van der Waals surface area contributed by atoms with Crippen LogP contribution in [0.1, 0.15) is 29.5 Å². The Morgan fingerprint density at radius 1 is 1.07 bits per heavy atom. The second kappa shape index (κ2) is 7.61. The van der Waals surface area contributed by atoms with Gasteiger partial charge in [-0.25, -0.2) is 0 Å². The zero-order valence-corrected chi connectivity index (χ0v) is 16.0. The lowest BCUT2D eigenvalue weighted by atomic mass is 9.74. The van der Waals surface area contributed by atoms with Gasteiger partial charge < -0.3 is 14.8 Å². The van der Waals surface area contributed by atoms with E-state index in [0.717, 1.165) is 56.2 Å². The monoisotopic (exact) mass is 365 g/mol. The molecule has 2 aliphatic rings. The third-order valence-electron chi connectivity index (χ3n) is 5.60. The highest BCUT2D eigenvalue weighted by Crippen LogP contribution is 2.38. The summed E-state index contributed by atoms with van der Waals surface area (Å²) in [7, 11) is 3.41. The summed E-state index contributed by atoms with van der Waals surface area (Å²) in [4.78, 5) is 4.88. The minimum absolute atomic E-state index is 0.218. The van der Waals surface area contributed by atoms with E-state index in [1.165, 1.54) is 16.7 Å². The molecule has 0 amide bonds. The van der Waals surface area contributed by atoms with Crippen molar-refractivity contribution in [2.45, 2.75) is 31.3 Å². The fourth-order valence-electron chi connectivity index (χ4n) is 4.22.